The van der Waals surface area contributed by atoms with Crippen LogP contribution in [-0.2, 0) is 11.3 Å². The van der Waals surface area contributed by atoms with E-state index >= 15 is 0 Å². The van der Waals surface area contributed by atoms with Gasteiger partial charge in [0.25, 0.3) is 5.91 Å². The van der Waals surface area contributed by atoms with Gasteiger partial charge < -0.3 is 19.7 Å². The van der Waals surface area contributed by atoms with Gasteiger partial charge in [-0.1, -0.05) is 32.0 Å². The first-order chi connectivity index (χ1) is 12.7. The van der Waals surface area contributed by atoms with Crippen LogP contribution in [0.5, 0.6) is 5.75 Å². The van der Waals surface area contributed by atoms with Gasteiger partial charge >= 0.3 is 0 Å². The third-order valence-corrected chi connectivity index (χ3v) is 4.24. The first kappa shape index (κ1) is 19.9. The Balaban J connectivity index is 1.91. The Morgan fingerprint density at radius 3 is 2.38 bits per heavy atom. The predicted octanol–water partition coefficient (Wildman–Crippen LogP) is 3.81. The number of benzene rings is 2. The second kappa shape index (κ2) is 10.6. The smallest absolute Gasteiger partial charge is 0.256 e. The van der Waals surface area contributed by atoms with Crippen LogP contribution in [0.15, 0.2) is 48.5 Å². The van der Waals surface area contributed by atoms with Crippen molar-refractivity contribution in [3.05, 3.63) is 59.7 Å². The average Bonchev–Trinajstić information content (AvgIpc) is 2.67. The summed E-state index contributed by atoms with van der Waals surface area (Å²) in [6.45, 7) is 8.30. The zero-order valence-corrected chi connectivity index (χ0v) is 15.8. The fourth-order valence-electron chi connectivity index (χ4n) is 2.69. The largest absolute Gasteiger partial charge is 0.492 e. The summed E-state index contributed by atoms with van der Waals surface area (Å²) in [7, 11) is 1.62. The van der Waals surface area contributed by atoms with Crippen molar-refractivity contribution >= 4 is 11.6 Å². The molecule has 0 bridgehead atoms. The molecular weight excluding hydrogens is 328 g/mol. The number of methoxy groups -OCH3 is 1. The molecule has 140 valence electrons. The third kappa shape index (κ3) is 5.86. The van der Waals surface area contributed by atoms with E-state index in [1.54, 1.807) is 13.2 Å². The molecule has 0 saturated carbocycles. The van der Waals surface area contributed by atoms with Crippen LogP contribution >= 0.6 is 0 Å². The van der Waals surface area contributed by atoms with E-state index in [4.69, 9.17) is 9.47 Å². The molecule has 0 fully saturated rings. The minimum absolute atomic E-state index is 0.146. The van der Waals surface area contributed by atoms with Crippen molar-refractivity contribution in [2.45, 2.75) is 20.5 Å². The van der Waals surface area contributed by atoms with E-state index in [0.717, 1.165) is 36.6 Å². The molecule has 2 aromatic carbocycles. The lowest BCUT2D eigenvalue weighted by Gasteiger charge is -2.18. The van der Waals surface area contributed by atoms with Gasteiger partial charge in [0, 0.05) is 24.9 Å². The van der Waals surface area contributed by atoms with E-state index < -0.39 is 0 Å². The van der Waals surface area contributed by atoms with Crippen LogP contribution < -0.4 is 10.1 Å². The molecule has 1 N–H and O–H groups in total. The number of ether oxygens (including phenoxy) is 2. The average molecular weight is 356 g/mol. The number of amides is 1. The minimum atomic E-state index is -0.146. The van der Waals surface area contributed by atoms with Crippen LogP contribution in [0.4, 0.5) is 5.69 Å². The Hall–Kier alpha value is -2.37. The van der Waals surface area contributed by atoms with Gasteiger partial charge in [-0.25, -0.2) is 0 Å². The van der Waals surface area contributed by atoms with E-state index in [0.29, 0.717) is 18.8 Å². The molecule has 0 spiro atoms. The van der Waals surface area contributed by atoms with Crippen molar-refractivity contribution in [2.24, 2.45) is 0 Å². The lowest BCUT2D eigenvalue weighted by Crippen LogP contribution is -2.27. The lowest BCUT2D eigenvalue weighted by molar-refractivity contribution is 0.102. The predicted molar refractivity (Wildman–Crippen MR) is 105 cm³/mol. The number of hydrogen-bond donors (Lipinski definition) is 1. The van der Waals surface area contributed by atoms with E-state index in [1.807, 2.05) is 42.5 Å². The normalized spacial score (nSPS) is 10.8. The number of nitrogens with one attached hydrogen (secondary N) is 1. The van der Waals surface area contributed by atoms with Gasteiger partial charge in [-0.05, 0) is 49.0 Å². The van der Waals surface area contributed by atoms with Crippen molar-refractivity contribution in [1.29, 1.82) is 0 Å². The van der Waals surface area contributed by atoms with Gasteiger partial charge in [-0.2, -0.15) is 0 Å². The van der Waals surface area contributed by atoms with Gasteiger partial charge in [0.15, 0.2) is 0 Å². The van der Waals surface area contributed by atoms with Gasteiger partial charge in [0.05, 0.1) is 6.61 Å². The molecule has 0 saturated heterocycles. The van der Waals surface area contributed by atoms with Crippen molar-refractivity contribution in [3.63, 3.8) is 0 Å². The van der Waals surface area contributed by atoms with Crippen molar-refractivity contribution in [3.8, 4) is 5.75 Å². The Morgan fingerprint density at radius 1 is 1.04 bits per heavy atom. The van der Waals surface area contributed by atoms with Crippen molar-refractivity contribution in [1.82, 2.24) is 4.90 Å². The Morgan fingerprint density at radius 2 is 1.73 bits per heavy atom. The maximum Gasteiger partial charge on any atom is 0.256 e. The summed E-state index contributed by atoms with van der Waals surface area (Å²) >= 11 is 0. The number of anilines is 1. The Kier molecular flexibility index (Phi) is 8.12. The zero-order valence-electron chi connectivity index (χ0n) is 15.8. The third-order valence-electron chi connectivity index (χ3n) is 4.24. The number of hydrogen-bond acceptors (Lipinski definition) is 4. The first-order valence-corrected chi connectivity index (χ1v) is 9.01. The van der Waals surface area contributed by atoms with Crippen LogP contribution in [0.3, 0.4) is 0 Å². The molecule has 0 unspecified atom stereocenters. The second-order valence-electron chi connectivity index (χ2n) is 5.94. The van der Waals surface area contributed by atoms with Crippen LogP contribution in [0.25, 0.3) is 0 Å². The van der Waals surface area contributed by atoms with E-state index in [-0.39, 0.29) is 5.91 Å². The quantitative estimate of drug-likeness (QED) is 0.703. The number of carbonyl (C=O) groups excluding carboxylic acids is 1. The lowest BCUT2D eigenvalue weighted by atomic mass is 10.1. The summed E-state index contributed by atoms with van der Waals surface area (Å²) in [5, 5.41) is 2.92. The highest BCUT2D eigenvalue weighted by Crippen LogP contribution is 2.18. The van der Waals surface area contributed by atoms with Gasteiger partial charge in [-0.15, -0.1) is 0 Å². The summed E-state index contributed by atoms with van der Waals surface area (Å²) in [4.78, 5) is 14.8. The summed E-state index contributed by atoms with van der Waals surface area (Å²) in [5.41, 5.74) is 2.22. The molecule has 0 aliphatic heterocycles. The Bertz CT molecular complexity index is 682. The standard InChI is InChI=1S/C21H28N2O3/c1-4-23(5-2)14-15-26-19-12-10-18(11-13-19)22-21(24)20-9-7-6-8-17(20)16-25-3/h6-13H,4-5,14-16H2,1-3H3,(H,22,24). The fraction of sp³-hybridized carbons (Fsp3) is 0.381. The van der Waals surface area contributed by atoms with Gasteiger partial charge in [-0.3, -0.25) is 4.79 Å². The molecule has 2 aromatic rings. The monoisotopic (exact) mass is 356 g/mol. The van der Waals surface area contributed by atoms with E-state index in [9.17, 15) is 4.79 Å². The molecule has 0 aliphatic carbocycles. The minimum Gasteiger partial charge on any atom is -0.492 e. The molecule has 5 nitrogen and oxygen atoms in total. The number of carbonyl (C=O) groups is 1. The van der Waals surface area contributed by atoms with Gasteiger partial charge in [0.2, 0.25) is 0 Å². The van der Waals surface area contributed by atoms with Crippen LogP contribution in [0.2, 0.25) is 0 Å². The number of likely N-dealkylation sites (N-methyl/N-ethyl adjacent to an activating group) is 1. The van der Waals surface area contributed by atoms with Crippen molar-refractivity contribution < 1.29 is 14.3 Å². The molecular formula is C21H28N2O3. The zero-order chi connectivity index (χ0) is 18.8. The van der Waals surface area contributed by atoms with Crippen LogP contribution in [-0.4, -0.2) is 44.2 Å². The maximum absolute atomic E-state index is 12.5. The Labute approximate surface area is 155 Å². The van der Waals surface area contributed by atoms with E-state index in [1.165, 1.54) is 0 Å². The highest BCUT2D eigenvalue weighted by Gasteiger charge is 2.11. The van der Waals surface area contributed by atoms with E-state index in [2.05, 4.69) is 24.1 Å². The highest BCUT2D eigenvalue weighted by molar-refractivity contribution is 6.05. The second-order valence-corrected chi connectivity index (χ2v) is 5.94. The number of nitrogens with zero attached hydrogens (tertiary/aromatic N) is 1. The molecule has 0 aromatic heterocycles. The fourth-order valence-corrected chi connectivity index (χ4v) is 2.69. The summed E-state index contributed by atoms with van der Waals surface area (Å²) in [6, 6.07) is 14.9. The summed E-state index contributed by atoms with van der Waals surface area (Å²) < 4.78 is 10.9. The molecule has 5 heteroatoms. The molecule has 2 rings (SSSR count). The number of rotatable bonds is 10. The topological polar surface area (TPSA) is 50.8 Å². The molecule has 0 radical (unpaired) electrons. The van der Waals surface area contributed by atoms with Gasteiger partial charge in [0.1, 0.15) is 12.4 Å². The molecule has 0 heterocycles. The summed E-state index contributed by atoms with van der Waals surface area (Å²) in [5.74, 6) is 0.655. The molecule has 0 aliphatic rings. The summed E-state index contributed by atoms with van der Waals surface area (Å²) in [6.07, 6.45) is 0. The van der Waals surface area contributed by atoms with Crippen LogP contribution in [0, 0.1) is 0 Å². The molecule has 1 amide bonds. The van der Waals surface area contributed by atoms with Crippen molar-refractivity contribution in [2.75, 3.05) is 38.7 Å². The molecule has 26 heavy (non-hydrogen) atoms. The first-order valence-electron chi connectivity index (χ1n) is 9.01. The van der Waals surface area contributed by atoms with Crippen LogP contribution in [0.1, 0.15) is 29.8 Å². The molecule has 0 atom stereocenters. The maximum atomic E-state index is 12.5. The SMILES string of the molecule is CCN(CC)CCOc1ccc(NC(=O)c2ccccc2COC)cc1. The highest BCUT2D eigenvalue weighted by atomic mass is 16.5.